The molecule has 0 aliphatic carbocycles. The summed E-state index contributed by atoms with van der Waals surface area (Å²) in [6.07, 6.45) is 0. The number of aromatic nitrogens is 3. The van der Waals surface area contributed by atoms with E-state index in [0.717, 1.165) is 0 Å². The molecule has 0 aliphatic heterocycles. The molecule has 1 aromatic rings. The predicted octanol–water partition coefficient (Wildman–Crippen LogP) is 2.87. The van der Waals surface area contributed by atoms with Crippen LogP contribution in [0.15, 0.2) is 0 Å². The number of halogens is 3. The molecule has 0 bridgehead atoms. The minimum absolute atomic E-state index is 2.61. The number of hydrogen-bond donors (Lipinski definition) is 0. The molecule has 1 heterocycles. The van der Waals surface area contributed by atoms with Crippen LogP contribution >= 0.6 is 24.5 Å². The Hall–Kier alpha value is 0.0900. The van der Waals surface area contributed by atoms with Crippen LogP contribution in [0.2, 0.25) is 0 Å². The zero-order chi connectivity index (χ0) is 6.85. The Labute approximate surface area is 51.6 Å². The molecule has 9 heteroatoms. The van der Waals surface area contributed by atoms with Crippen molar-refractivity contribution >= 4 is 24.5 Å². The molecule has 0 N–H and O–H groups in total. The van der Waals surface area contributed by atoms with Crippen molar-refractivity contribution in [2.45, 2.75) is 0 Å². The normalized spacial score (nSPS) is 15.7. The Bertz CT molecular complexity index is 175. The van der Waals surface area contributed by atoms with E-state index < -0.39 is 24.5 Å². The van der Waals surface area contributed by atoms with Crippen LogP contribution in [0.3, 0.4) is 0 Å². The van der Waals surface area contributed by atoms with Gasteiger partial charge in [0.15, 0.2) is 0 Å². The first-order chi connectivity index (χ1) is 4.18. The van der Waals surface area contributed by atoms with Crippen molar-refractivity contribution in [1.82, 2.24) is 13.5 Å². The molecule has 3 nitrogen and oxygen atoms in total. The van der Waals surface area contributed by atoms with Crippen molar-refractivity contribution in [1.29, 1.82) is 0 Å². The van der Waals surface area contributed by atoms with Crippen molar-refractivity contribution in [3.63, 3.8) is 0 Å². The van der Waals surface area contributed by atoms with E-state index >= 15 is 0 Å². The fourth-order valence-corrected chi connectivity index (χ4v) is 3.09. The predicted molar refractivity (Wildman–Crippen MR) is 30.7 cm³/mol. The maximum absolute atomic E-state index is 11.9. The Kier molecular flexibility index (Phi) is 2.23. The smallest absolute Gasteiger partial charge is 0.0723 e. The largest absolute Gasteiger partial charge is 0.677 e. The second-order valence-corrected chi connectivity index (χ2v) is 4.58. The van der Waals surface area contributed by atoms with E-state index in [-0.39, 0.29) is 0 Å². The highest BCUT2D eigenvalue weighted by Crippen LogP contribution is 2.37. The lowest BCUT2D eigenvalue weighted by molar-refractivity contribution is 0.865. The van der Waals surface area contributed by atoms with Crippen LogP contribution in [0.1, 0.15) is 0 Å². The molecular formula is F3N3P3+3. The molecule has 0 unspecified atom stereocenters. The molecule has 0 saturated heterocycles. The zero-order valence-corrected chi connectivity index (χ0v) is 6.50. The molecule has 0 fully saturated rings. The van der Waals surface area contributed by atoms with Gasteiger partial charge in [-0.25, -0.2) is 0 Å². The van der Waals surface area contributed by atoms with E-state index in [1.165, 1.54) is 0 Å². The Morgan fingerprint density at radius 3 is 1.11 bits per heavy atom. The quantitative estimate of drug-likeness (QED) is 0.634. The Balaban J connectivity index is 3.17. The molecule has 48 valence electrons. The minimum Gasteiger partial charge on any atom is 0.0723 e. The highest BCUT2D eigenvalue weighted by Gasteiger charge is 2.38. The first kappa shape index (κ1) is 7.20. The van der Waals surface area contributed by atoms with Gasteiger partial charge in [0.05, 0.1) is 12.6 Å². The van der Waals surface area contributed by atoms with E-state index in [1.54, 1.807) is 0 Å². The van der Waals surface area contributed by atoms with Gasteiger partial charge in [0.25, 0.3) is 13.5 Å². The minimum atomic E-state index is -2.61. The van der Waals surface area contributed by atoms with Gasteiger partial charge >= 0.3 is 24.5 Å². The standard InChI is InChI=1S/F3N3P3/c1-7-4-8(2)6-9(3)5-7/q+3. The van der Waals surface area contributed by atoms with Crippen LogP contribution in [0.4, 0.5) is 12.6 Å². The van der Waals surface area contributed by atoms with Crippen LogP contribution in [0.5, 0.6) is 0 Å². The third-order valence-corrected chi connectivity index (χ3v) is 3.99. The second kappa shape index (κ2) is 2.78. The summed E-state index contributed by atoms with van der Waals surface area (Å²) >= 11 is 0. The van der Waals surface area contributed by atoms with Gasteiger partial charge in [-0.15, -0.1) is 0 Å². The SMILES string of the molecule is F[p+]1n[p+](F)n[p+](F)n1. The van der Waals surface area contributed by atoms with Crippen molar-refractivity contribution < 1.29 is 12.6 Å². The number of nitrogens with zero attached hydrogens (tertiary/aromatic N) is 3. The summed E-state index contributed by atoms with van der Waals surface area (Å²) in [5.74, 6) is 0. The fraction of sp³-hybridized carbons (Fsp3) is 0. The molecular weight excluding hydrogens is 192 g/mol. The topological polar surface area (TPSA) is 38.7 Å². The van der Waals surface area contributed by atoms with Crippen molar-refractivity contribution in [3.05, 3.63) is 0 Å². The maximum atomic E-state index is 11.9. The van der Waals surface area contributed by atoms with Crippen LogP contribution in [-0.2, 0) is 0 Å². The monoisotopic (exact) mass is 192 g/mol. The summed E-state index contributed by atoms with van der Waals surface area (Å²) in [4.78, 5) is 0. The lowest BCUT2D eigenvalue weighted by atomic mass is 13.9. The highest BCUT2D eigenvalue weighted by atomic mass is 31.2. The first-order valence-electron chi connectivity index (χ1n) is 1.71. The summed E-state index contributed by atoms with van der Waals surface area (Å²) in [5.41, 5.74) is 0. The molecule has 0 aliphatic rings. The van der Waals surface area contributed by atoms with Crippen LogP contribution < -0.4 is 0 Å². The third kappa shape index (κ3) is 2.05. The summed E-state index contributed by atoms with van der Waals surface area (Å²) in [6.45, 7) is 0. The lowest BCUT2D eigenvalue weighted by Gasteiger charge is -1.49. The molecule has 0 aromatic carbocycles. The van der Waals surface area contributed by atoms with E-state index in [9.17, 15) is 12.6 Å². The van der Waals surface area contributed by atoms with Crippen molar-refractivity contribution in [2.75, 3.05) is 0 Å². The molecule has 0 amide bonds. The average Bonchev–Trinajstić information content (AvgIpc) is 1.59. The van der Waals surface area contributed by atoms with Crippen molar-refractivity contribution in [3.8, 4) is 0 Å². The van der Waals surface area contributed by atoms with E-state index in [0.29, 0.717) is 0 Å². The van der Waals surface area contributed by atoms with Gasteiger partial charge in [0.2, 0.25) is 0 Å². The molecule has 0 spiro atoms. The van der Waals surface area contributed by atoms with Crippen LogP contribution in [0.25, 0.3) is 0 Å². The Morgan fingerprint density at radius 1 is 0.667 bits per heavy atom. The maximum Gasteiger partial charge on any atom is 0.677 e. The molecule has 0 atom stereocenters. The van der Waals surface area contributed by atoms with Gasteiger partial charge in [-0.2, -0.15) is 0 Å². The highest BCUT2D eigenvalue weighted by molar-refractivity contribution is 7.57. The molecule has 1 rings (SSSR count). The number of rotatable bonds is 0. The second-order valence-electron chi connectivity index (χ2n) is 0.990. The Morgan fingerprint density at radius 2 is 0.889 bits per heavy atom. The summed E-state index contributed by atoms with van der Waals surface area (Å²) in [7, 11) is -7.82. The fourth-order valence-electron chi connectivity index (χ4n) is 0.236. The van der Waals surface area contributed by atoms with Crippen LogP contribution in [-0.4, -0.2) is 13.5 Å². The molecule has 9 heavy (non-hydrogen) atoms. The van der Waals surface area contributed by atoms with Gasteiger partial charge < -0.3 is 0 Å². The summed E-state index contributed by atoms with van der Waals surface area (Å²) in [6, 6.07) is 0. The summed E-state index contributed by atoms with van der Waals surface area (Å²) < 4.78 is 44.0. The van der Waals surface area contributed by atoms with Crippen molar-refractivity contribution in [2.24, 2.45) is 0 Å². The van der Waals surface area contributed by atoms with E-state index in [2.05, 4.69) is 13.5 Å². The van der Waals surface area contributed by atoms with Gasteiger partial charge in [-0.05, 0) is 0 Å². The third-order valence-electron chi connectivity index (χ3n) is 0.443. The van der Waals surface area contributed by atoms with E-state index in [1.807, 2.05) is 0 Å². The molecule has 1 aromatic heterocycles. The number of hydrogen-bond acceptors (Lipinski definition) is 3. The lowest BCUT2D eigenvalue weighted by Crippen LogP contribution is -1.64. The van der Waals surface area contributed by atoms with Gasteiger partial charge in [-0.1, -0.05) is 0 Å². The summed E-state index contributed by atoms with van der Waals surface area (Å²) in [5, 5.41) is 0. The van der Waals surface area contributed by atoms with E-state index in [4.69, 9.17) is 0 Å². The van der Waals surface area contributed by atoms with Crippen LogP contribution in [0, 0.1) is 0 Å². The molecule has 0 radical (unpaired) electrons. The zero-order valence-electron chi connectivity index (χ0n) is 3.82. The van der Waals surface area contributed by atoms with Gasteiger partial charge in [0, 0.05) is 0 Å². The first-order valence-corrected chi connectivity index (χ1v) is 5.12. The average molecular weight is 192 g/mol. The van der Waals surface area contributed by atoms with Gasteiger partial charge in [-0.3, -0.25) is 0 Å². The molecule has 0 saturated carbocycles. The van der Waals surface area contributed by atoms with Gasteiger partial charge in [0.1, 0.15) is 0 Å².